The number of halogens is 2. The molecule has 0 atom stereocenters. The van der Waals surface area contributed by atoms with E-state index < -0.39 is 0 Å². The standard InChI is InChI=1S/C22H16Cl2N4OS2/c1-2-27-12-25-19-20(27)26-22(28(21(19)29)16-6-3-14(23)4-7-16)31-11-13-10-30-18-8-5-15(24)9-17(13)18/h3-10,12H,2,11H2,1H3. The van der Waals surface area contributed by atoms with Crippen molar-refractivity contribution in [2.75, 3.05) is 0 Å². The van der Waals surface area contributed by atoms with Crippen LogP contribution in [0.3, 0.4) is 0 Å². The van der Waals surface area contributed by atoms with E-state index in [0.29, 0.717) is 44.4 Å². The lowest BCUT2D eigenvalue weighted by molar-refractivity contribution is 0.754. The number of thiophene rings is 1. The molecule has 0 unspecified atom stereocenters. The first kappa shape index (κ1) is 20.6. The van der Waals surface area contributed by atoms with Crippen molar-refractivity contribution in [3.8, 4) is 5.69 Å². The molecule has 0 N–H and O–H groups in total. The highest BCUT2D eigenvalue weighted by molar-refractivity contribution is 7.98. The van der Waals surface area contributed by atoms with Crippen LogP contribution in [0.2, 0.25) is 10.0 Å². The summed E-state index contributed by atoms with van der Waals surface area (Å²) in [6, 6.07) is 13.1. The number of aromatic nitrogens is 4. The average Bonchev–Trinajstić information content (AvgIpc) is 3.37. The van der Waals surface area contributed by atoms with Gasteiger partial charge in [0.2, 0.25) is 0 Å². The lowest BCUT2D eigenvalue weighted by Crippen LogP contribution is -2.22. The molecule has 5 rings (SSSR count). The van der Waals surface area contributed by atoms with E-state index in [1.54, 1.807) is 34.4 Å². The summed E-state index contributed by atoms with van der Waals surface area (Å²) < 4.78 is 4.67. The van der Waals surface area contributed by atoms with Crippen molar-refractivity contribution < 1.29 is 0 Å². The van der Waals surface area contributed by atoms with Crippen LogP contribution < -0.4 is 5.56 Å². The predicted molar refractivity (Wildman–Crippen MR) is 130 cm³/mol. The number of hydrogen-bond donors (Lipinski definition) is 0. The molecule has 0 bridgehead atoms. The molecule has 0 saturated carbocycles. The summed E-state index contributed by atoms with van der Waals surface area (Å²) in [5.74, 6) is 0.659. The van der Waals surface area contributed by atoms with E-state index in [9.17, 15) is 4.79 Å². The van der Waals surface area contributed by atoms with Crippen molar-refractivity contribution in [1.29, 1.82) is 0 Å². The predicted octanol–water partition coefficient (Wildman–Crippen LogP) is 6.42. The van der Waals surface area contributed by atoms with Crippen molar-refractivity contribution in [3.05, 3.63) is 80.1 Å². The van der Waals surface area contributed by atoms with Crippen molar-refractivity contribution in [3.63, 3.8) is 0 Å². The molecule has 0 aliphatic carbocycles. The molecule has 0 aliphatic heterocycles. The maximum atomic E-state index is 13.4. The topological polar surface area (TPSA) is 52.7 Å². The van der Waals surface area contributed by atoms with Crippen molar-refractivity contribution in [2.45, 2.75) is 24.4 Å². The third kappa shape index (κ3) is 3.76. The molecule has 5 nitrogen and oxygen atoms in total. The Bertz CT molecular complexity index is 1470. The molecular formula is C22H16Cl2N4OS2. The van der Waals surface area contributed by atoms with Crippen LogP contribution in [0.4, 0.5) is 0 Å². The van der Waals surface area contributed by atoms with Crippen LogP contribution in [-0.2, 0) is 12.3 Å². The van der Waals surface area contributed by atoms with E-state index in [0.717, 1.165) is 10.9 Å². The lowest BCUT2D eigenvalue weighted by atomic mass is 10.2. The van der Waals surface area contributed by atoms with Crippen molar-refractivity contribution in [1.82, 2.24) is 19.1 Å². The molecule has 31 heavy (non-hydrogen) atoms. The molecule has 0 fully saturated rings. The molecule has 0 amide bonds. The van der Waals surface area contributed by atoms with Crippen LogP contribution in [0.1, 0.15) is 12.5 Å². The van der Waals surface area contributed by atoms with E-state index >= 15 is 0 Å². The Morgan fingerprint density at radius 3 is 2.65 bits per heavy atom. The van der Waals surface area contributed by atoms with E-state index in [4.69, 9.17) is 28.2 Å². The Balaban J connectivity index is 1.63. The Kier molecular flexibility index (Phi) is 5.52. The van der Waals surface area contributed by atoms with Gasteiger partial charge in [0.25, 0.3) is 5.56 Å². The Morgan fingerprint density at radius 2 is 1.87 bits per heavy atom. The van der Waals surface area contributed by atoms with E-state index in [1.807, 2.05) is 41.8 Å². The van der Waals surface area contributed by atoms with Gasteiger partial charge in [-0.15, -0.1) is 11.3 Å². The maximum absolute atomic E-state index is 13.4. The largest absolute Gasteiger partial charge is 0.315 e. The van der Waals surface area contributed by atoms with Gasteiger partial charge in [0, 0.05) is 27.0 Å². The van der Waals surface area contributed by atoms with E-state index in [-0.39, 0.29) is 5.56 Å². The third-order valence-electron chi connectivity index (χ3n) is 5.01. The molecule has 3 aromatic heterocycles. The fourth-order valence-corrected chi connectivity index (χ4v) is 5.77. The summed E-state index contributed by atoms with van der Waals surface area (Å²) in [4.78, 5) is 22.5. The highest BCUT2D eigenvalue weighted by atomic mass is 35.5. The maximum Gasteiger partial charge on any atom is 0.286 e. The minimum Gasteiger partial charge on any atom is -0.315 e. The Hall–Kier alpha value is -2.32. The van der Waals surface area contributed by atoms with Gasteiger partial charge < -0.3 is 4.57 Å². The minimum absolute atomic E-state index is 0.194. The number of imidazole rings is 1. The SMILES string of the molecule is CCn1cnc2c(=O)n(-c3ccc(Cl)cc3)c(SCc3csc4ccc(Cl)cc34)nc21. The highest BCUT2D eigenvalue weighted by Gasteiger charge is 2.18. The van der Waals surface area contributed by atoms with E-state index in [2.05, 4.69) is 10.4 Å². The van der Waals surface area contributed by atoms with Gasteiger partial charge in [-0.1, -0.05) is 35.0 Å². The fraction of sp³-hybridized carbons (Fsp3) is 0.136. The molecule has 5 aromatic rings. The fourth-order valence-electron chi connectivity index (χ4n) is 3.43. The number of rotatable bonds is 5. The first-order valence-electron chi connectivity index (χ1n) is 9.57. The first-order valence-corrected chi connectivity index (χ1v) is 12.2. The molecule has 9 heteroatoms. The Morgan fingerprint density at radius 1 is 1.10 bits per heavy atom. The van der Waals surface area contributed by atoms with Gasteiger partial charge >= 0.3 is 0 Å². The zero-order valence-corrected chi connectivity index (χ0v) is 19.5. The molecule has 0 spiro atoms. The van der Waals surface area contributed by atoms with Crippen molar-refractivity contribution >= 4 is 67.6 Å². The van der Waals surface area contributed by atoms with Crippen LogP contribution in [-0.4, -0.2) is 19.1 Å². The van der Waals surface area contributed by atoms with Gasteiger partial charge in [0.05, 0.1) is 12.0 Å². The van der Waals surface area contributed by atoms with Gasteiger partial charge in [0.15, 0.2) is 16.3 Å². The quantitative estimate of drug-likeness (QED) is 0.212. The van der Waals surface area contributed by atoms with Crippen LogP contribution in [0.5, 0.6) is 0 Å². The monoisotopic (exact) mass is 486 g/mol. The van der Waals surface area contributed by atoms with Crippen molar-refractivity contribution in [2.24, 2.45) is 0 Å². The minimum atomic E-state index is -0.194. The van der Waals surface area contributed by atoms with Gasteiger partial charge in [-0.25, -0.2) is 9.97 Å². The number of fused-ring (bicyclic) bond motifs is 2. The van der Waals surface area contributed by atoms with Crippen LogP contribution in [0.15, 0.2) is 64.1 Å². The van der Waals surface area contributed by atoms with Crippen LogP contribution in [0, 0.1) is 0 Å². The lowest BCUT2D eigenvalue weighted by Gasteiger charge is -2.12. The summed E-state index contributed by atoms with van der Waals surface area (Å²) in [7, 11) is 0. The zero-order valence-electron chi connectivity index (χ0n) is 16.4. The normalized spacial score (nSPS) is 11.6. The van der Waals surface area contributed by atoms with Gasteiger partial charge in [0.1, 0.15) is 0 Å². The number of hydrogen-bond acceptors (Lipinski definition) is 5. The second kappa shape index (κ2) is 8.31. The molecular weight excluding hydrogens is 471 g/mol. The average molecular weight is 487 g/mol. The molecule has 3 heterocycles. The van der Waals surface area contributed by atoms with Crippen LogP contribution in [0.25, 0.3) is 26.9 Å². The second-order valence-electron chi connectivity index (χ2n) is 6.90. The molecule has 0 aliphatic rings. The number of aryl methyl sites for hydroxylation is 1. The smallest absolute Gasteiger partial charge is 0.286 e. The van der Waals surface area contributed by atoms with Crippen LogP contribution >= 0.6 is 46.3 Å². The van der Waals surface area contributed by atoms with Gasteiger partial charge in [-0.2, -0.15) is 0 Å². The molecule has 0 saturated heterocycles. The van der Waals surface area contributed by atoms with Gasteiger partial charge in [-0.3, -0.25) is 9.36 Å². The number of benzene rings is 2. The zero-order chi connectivity index (χ0) is 21.5. The summed E-state index contributed by atoms with van der Waals surface area (Å²) in [5, 5.41) is 5.19. The first-order chi connectivity index (χ1) is 15.0. The molecule has 156 valence electrons. The number of thioether (sulfide) groups is 1. The highest BCUT2D eigenvalue weighted by Crippen LogP contribution is 2.33. The second-order valence-corrected chi connectivity index (χ2v) is 9.63. The summed E-state index contributed by atoms with van der Waals surface area (Å²) in [6.45, 7) is 2.69. The summed E-state index contributed by atoms with van der Waals surface area (Å²) in [5.41, 5.74) is 2.62. The third-order valence-corrected chi connectivity index (χ3v) is 7.49. The summed E-state index contributed by atoms with van der Waals surface area (Å²) >= 11 is 15.5. The summed E-state index contributed by atoms with van der Waals surface area (Å²) in [6.07, 6.45) is 1.66. The van der Waals surface area contributed by atoms with Gasteiger partial charge in [-0.05, 0) is 65.7 Å². The Labute approximate surface area is 196 Å². The van der Waals surface area contributed by atoms with E-state index in [1.165, 1.54) is 16.5 Å². The molecule has 2 aromatic carbocycles. The molecule has 0 radical (unpaired) electrons. The number of nitrogens with zero attached hydrogens (tertiary/aromatic N) is 4.